The molecule has 0 N–H and O–H groups in total. The summed E-state index contributed by atoms with van der Waals surface area (Å²) in [5.74, 6) is 1.46. The quantitative estimate of drug-likeness (QED) is 0.660. The maximum atomic E-state index is 12.2. The molecule has 1 aliphatic carbocycles. The summed E-state index contributed by atoms with van der Waals surface area (Å²) in [5.41, 5.74) is 0.967. The molecular formula is C19H24F3N5OS. The highest BCUT2D eigenvalue weighted by molar-refractivity contribution is 7.71. The molecule has 10 heteroatoms. The fourth-order valence-electron chi connectivity index (χ4n) is 3.63. The Bertz CT molecular complexity index is 896. The molecule has 0 radical (unpaired) electrons. The van der Waals surface area contributed by atoms with E-state index in [1.165, 1.54) is 25.0 Å². The van der Waals surface area contributed by atoms with Gasteiger partial charge in [0.25, 0.3) is 0 Å². The van der Waals surface area contributed by atoms with Gasteiger partial charge >= 0.3 is 6.36 Å². The van der Waals surface area contributed by atoms with E-state index in [0.717, 1.165) is 42.3 Å². The van der Waals surface area contributed by atoms with Crippen molar-refractivity contribution in [3.8, 4) is 5.75 Å². The maximum Gasteiger partial charge on any atom is 0.573 e. The van der Waals surface area contributed by atoms with Crippen molar-refractivity contribution in [2.24, 2.45) is 7.05 Å². The van der Waals surface area contributed by atoms with Crippen molar-refractivity contribution in [1.29, 1.82) is 0 Å². The second-order valence-electron chi connectivity index (χ2n) is 7.70. The molecule has 1 saturated carbocycles. The highest BCUT2D eigenvalue weighted by Gasteiger charge is 2.31. The highest BCUT2D eigenvalue weighted by atomic mass is 32.1. The van der Waals surface area contributed by atoms with Crippen molar-refractivity contribution in [1.82, 2.24) is 24.1 Å². The summed E-state index contributed by atoms with van der Waals surface area (Å²) >= 11 is 5.53. The minimum absolute atomic E-state index is 0.191. The smallest absolute Gasteiger partial charge is 0.406 e. The molecule has 158 valence electrons. The molecule has 1 aromatic carbocycles. The van der Waals surface area contributed by atoms with Crippen LogP contribution in [0.1, 0.15) is 30.1 Å². The van der Waals surface area contributed by atoms with Gasteiger partial charge in [-0.3, -0.25) is 9.80 Å². The van der Waals surface area contributed by atoms with Crippen LogP contribution in [0, 0.1) is 4.77 Å². The van der Waals surface area contributed by atoms with Crippen LogP contribution in [0.2, 0.25) is 0 Å². The molecule has 0 amide bonds. The molecule has 2 heterocycles. The van der Waals surface area contributed by atoms with Crippen LogP contribution in [0.3, 0.4) is 0 Å². The van der Waals surface area contributed by atoms with Gasteiger partial charge in [0.15, 0.2) is 4.77 Å². The predicted molar refractivity (Wildman–Crippen MR) is 104 cm³/mol. The SMILES string of the molecule is Cn1c(C2CC2)nn(CN2CCN(Cc3ccc(OC(F)(F)F)cc3)CC2)c1=S. The van der Waals surface area contributed by atoms with Crippen LogP contribution in [-0.4, -0.2) is 56.7 Å². The first-order valence-electron chi connectivity index (χ1n) is 9.71. The van der Waals surface area contributed by atoms with E-state index < -0.39 is 6.36 Å². The fraction of sp³-hybridized carbons (Fsp3) is 0.579. The summed E-state index contributed by atoms with van der Waals surface area (Å²) in [4.78, 5) is 4.62. The van der Waals surface area contributed by atoms with Gasteiger partial charge in [-0.05, 0) is 42.8 Å². The first-order chi connectivity index (χ1) is 13.8. The fourth-order valence-corrected chi connectivity index (χ4v) is 3.82. The summed E-state index contributed by atoms with van der Waals surface area (Å²) in [6, 6.07) is 6.08. The number of benzene rings is 1. The molecule has 1 aromatic heterocycles. The summed E-state index contributed by atoms with van der Waals surface area (Å²) in [6.45, 7) is 4.96. The molecule has 2 fully saturated rings. The molecule has 2 aliphatic rings. The van der Waals surface area contributed by atoms with E-state index in [4.69, 9.17) is 17.3 Å². The third kappa shape index (κ3) is 5.18. The Hall–Kier alpha value is -1.91. The largest absolute Gasteiger partial charge is 0.573 e. The molecule has 0 atom stereocenters. The van der Waals surface area contributed by atoms with Crippen molar-refractivity contribution in [3.63, 3.8) is 0 Å². The van der Waals surface area contributed by atoms with E-state index in [1.54, 1.807) is 12.1 Å². The van der Waals surface area contributed by atoms with Gasteiger partial charge in [0.05, 0.1) is 6.67 Å². The van der Waals surface area contributed by atoms with Gasteiger partial charge in [-0.15, -0.1) is 13.2 Å². The molecule has 2 aromatic rings. The summed E-state index contributed by atoms with van der Waals surface area (Å²) in [5, 5.41) is 4.71. The van der Waals surface area contributed by atoms with Crippen molar-refractivity contribution in [3.05, 3.63) is 40.4 Å². The number of ether oxygens (including phenoxy) is 1. The lowest BCUT2D eigenvalue weighted by molar-refractivity contribution is -0.274. The van der Waals surface area contributed by atoms with Crippen LogP contribution in [-0.2, 0) is 20.3 Å². The second-order valence-corrected chi connectivity index (χ2v) is 8.07. The van der Waals surface area contributed by atoms with Gasteiger partial charge in [0, 0.05) is 45.7 Å². The third-order valence-corrected chi connectivity index (χ3v) is 5.86. The molecule has 0 unspecified atom stereocenters. The Labute approximate surface area is 172 Å². The number of nitrogens with zero attached hydrogens (tertiary/aromatic N) is 5. The topological polar surface area (TPSA) is 38.5 Å². The van der Waals surface area contributed by atoms with E-state index in [1.807, 2.05) is 16.3 Å². The first kappa shape index (κ1) is 20.4. The molecule has 4 rings (SSSR count). The number of piperazine rings is 1. The van der Waals surface area contributed by atoms with Crippen LogP contribution >= 0.6 is 12.2 Å². The zero-order valence-corrected chi connectivity index (χ0v) is 17.0. The van der Waals surface area contributed by atoms with Crippen LogP contribution in [0.4, 0.5) is 13.2 Å². The normalized spacial score (nSPS) is 18.9. The van der Waals surface area contributed by atoms with Gasteiger partial charge in [-0.2, -0.15) is 5.10 Å². The minimum atomic E-state index is -4.66. The number of hydrogen-bond donors (Lipinski definition) is 0. The molecule has 6 nitrogen and oxygen atoms in total. The maximum absolute atomic E-state index is 12.2. The monoisotopic (exact) mass is 427 g/mol. The molecule has 0 spiro atoms. The molecule has 29 heavy (non-hydrogen) atoms. The average molecular weight is 427 g/mol. The predicted octanol–water partition coefficient (Wildman–Crippen LogP) is 3.50. The van der Waals surface area contributed by atoms with E-state index >= 15 is 0 Å². The Morgan fingerprint density at radius 2 is 1.69 bits per heavy atom. The van der Waals surface area contributed by atoms with Gasteiger partial charge < -0.3 is 9.30 Å². The van der Waals surface area contributed by atoms with E-state index in [9.17, 15) is 13.2 Å². The Morgan fingerprint density at radius 1 is 1.07 bits per heavy atom. The summed E-state index contributed by atoms with van der Waals surface area (Å²) in [6.07, 6.45) is -2.27. The van der Waals surface area contributed by atoms with Crippen LogP contribution in [0.25, 0.3) is 0 Å². The van der Waals surface area contributed by atoms with E-state index in [2.05, 4.69) is 14.5 Å². The highest BCUT2D eigenvalue weighted by Crippen LogP contribution is 2.38. The van der Waals surface area contributed by atoms with Crippen LogP contribution in [0.15, 0.2) is 24.3 Å². The zero-order chi connectivity index (χ0) is 20.6. The Kier molecular flexibility index (Phi) is 5.67. The number of rotatable bonds is 6. The summed E-state index contributed by atoms with van der Waals surface area (Å²) in [7, 11) is 1.99. The lowest BCUT2D eigenvalue weighted by Gasteiger charge is -2.34. The third-order valence-electron chi connectivity index (χ3n) is 5.38. The second kappa shape index (κ2) is 8.08. The molecule has 1 saturated heterocycles. The number of hydrogen-bond acceptors (Lipinski definition) is 5. The molecular weight excluding hydrogens is 403 g/mol. The van der Waals surface area contributed by atoms with Gasteiger partial charge in [0.2, 0.25) is 0 Å². The molecule has 0 bridgehead atoms. The Morgan fingerprint density at radius 3 is 2.28 bits per heavy atom. The van der Waals surface area contributed by atoms with Gasteiger partial charge in [-0.1, -0.05) is 12.1 Å². The van der Waals surface area contributed by atoms with Crippen molar-refractivity contribution >= 4 is 12.2 Å². The van der Waals surface area contributed by atoms with Crippen LogP contribution in [0.5, 0.6) is 5.75 Å². The first-order valence-corrected chi connectivity index (χ1v) is 10.1. The number of halogens is 3. The van der Waals surface area contributed by atoms with Gasteiger partial charge in [0.1, 0.15) is 11.6 Å². The average Bonchev–Trinajstić information content (AvgIpc) is 3.47. The van der Waals surface area contributed by atoms with E-state index in [0.29, 0.717) is 19.1 Å². The van der Waals surface area contributed by atoms with Crippen molar-refractivity contribution in [2.75, 3.05) is 26.2 Å². The van der Waals surface area contributed by atoms with Crippen molar-refractivity contribution in [2.45, 2.75) is 38.3 Å². The minimum Gasteiger partial charge on any atom is -0.406 e. The lowest BCUT2D eigenvalue weighted by atomic mass is 10.2. The van der Waals surface area contributed by atoms with Crippen LogP contribution < -0.4 is 4.74 Å². The molecule has 1 aliphatic heterocycles. The lowest BCUT2D eigenvalue weighted by Crippen LogP contribution is -2.46. The zero-order valence-electron chi connectivity index (χ0n) is 16.2. The Balaban J connectivity index is 1.27. The van der Waals surface area contributed by atoms with Crippen molar-refractivity contribution < 1.29 is 17.9 Å². The van der Waals surface area contributed by atoms with E-state index in [-0.39, 0.29) is 5.75 Å². The number of aromatic nitrogens is 3. The van der Waals surface area contributed by atoms with Gasteiger partial charge in [-0.25, -0.2) is 4.68 Å². The summed E-state index contributed by atoms with van der Waals surface area (Å²) < 4.78 is 45.4. The number of alkyl halides is 3. The standard InChI is InChI=1S/C19H24F3N5OS/c1-24-17(15-4-5-15)23-27(18(24)29)13-26-10-8-25(9-11-26)12-14-2-6-16(7-3-14)28-19(20,21)22/h2-3,6-7,15H,4-5,8-13H2,1H3.